The predicted molar refractivity (Wildman–Crippen MR) is 81.4 cm³/mol. The third-order valence-corrected chi connectivity index (χ3v) is 3.79. The highest BCUT2D eigenvalue weighted by molar-refractivity contribution is 5.43. The molecule has 0 saturated carbocycles. The first-order valence-electron chi connectivity index (χ1n) is 7.49. The number of benzene rings is 1. The Hall–Kier alpha value is -1.26. The molecule has 0 unspecified atom stereocenters. The van der Waals surface area contributed by atoms with Crippen molar-refractivity contribution in [3.05, 3.63) is 23.8 Å². The monoisotopic (exact) mass is 278 g/mol. The van der Waals surface area contributed by atoms with Crippen molar-refractivity contribution in [2.75, 3.05) is 33.4 Å². The zero-order valence-corrected chi connectivity index (χ0v) is 12.6. The van der Waals surface area contributed by atoms with Crippen molar-refractivity contribution in [1.29, 1.82) is 0 Å². The van der Waals surface area contributed by atoms with Gasteiger partial charge in [-0.3, -0.25) is 0 Å². The Kier molecular flexibility index (Phi) is 5.68. The molecule has 0 radical (unpaired) electrons. The highest BCUT2D eigenvalue weighted by atomic mass is 16.5. The van der Waals surface area contributed by atoms with E-state index in [9.17, 15) is 0 Å². The van der Waals surface area contributed by atoms with Crippen LogP contribution in [0.3, 0.4) is 0 Å². The molecule has 1 fully saturated rings. The van der Waals surface area contributed by atoms with E-state index in [0.29, 0.717) is 0 Å². The second-order valence-electron chi connectivity index (χ2n) is 5.45. The van der Waals surface area contributed by atoms with E-state index in [4.69, 9.17) is 15.2 Å². The van der Waals surface area contributed by atoms with E-state index in [1.807, 2.05) is 25.1 Å². The van der Waals surface area contributed by atoms with Gasteiger partial charge in [0.2, 0.25) is 0 Å². The number of ether oxygens (including phenoxy) is 2. The second-order valence-corrected chi connectivity index (χ2v) is 5.45. The average molecular weight is 278 g/mol. The van der Waals surface area contributed by atoms with E-state index < -0.39 is 0 Å². The van der Waals surface area contributed by atoms with Gasteiger partial charge in [0, 0.05) is 12.6 Å². The summed E-state index contributed by atoms with van der Waals surface area (Å²) in [6, 6.07) is 5.92. The van der Waals surface area contributed by atoms with E-state index in [1.54, 1.807) is 7.11 Å². The fourth-order valence-electron chi connectivity index (χ4n) is 2.56. The van der Waals surface area contributed by atoms with Crippen molar-refractivity contribution < 1.29 is 9.47 Å². The molecule has 0 bridgehead atoms. The van der Waals surface area contributed by atoms with Crippen LogP contribution in [0.25, 0.3) is 0 Å². The molecule has 1 aliphatic heterocycles. The van der Waals surface area contributed by atoms with Crippen LogP contribution in [0.5, 0.6) is 11.5 Å². The smallest absolute Gasteiger partial charge is 0.161 e. The molecule has 1 saturated heterocycles. The van der Waals surface area contributed by atoms with Gasteiger partial charge in [-0.05, 0) is 57.0 Å². The van der Waals surface area contributed by atoms with Crippen LogP contribution in [0.1, 0.15) is 37.8 Å². The van der Waals surface area contributed by atoms with Crippen LogP contribution >= 0.6 is 0 Å². The number of nitrogens with zero attached hydrogens (tertiary/aromatic N) is 1. The molecule has 4 heteroatoms. The van der Waals surface area contributed by atoms with Crippen LogP contribution in [0, 0.1) is 0 Å². The van der Waals surface area contributed by atoms with Gasteiger partial charge in [-0.1, -0.05) is 6.07 Å². The number of likely N-dealkylation sites (tertiary alicyclic amines) is 1. The van der Waals surface area contributed by atoms with Crippen LogP contribution < -0.4 is 15.2 Å². The lowest BCUT2D eigenvalue weighted by atomic mass is 10.1. The Morgan fingerprint density at radius 1 is 1.25 bits per heavy atom. The van der Waals surface area contributed by atoms with Crippen LogP contribution in [-0.2, 0) is 0 Å². The Labute approximate surface area is 121 Å². The third-order valence-electron chi connectivity index (χ3n) is 3.79. The van der Waals surface area contributed by atoms with E-state index in [2.05, 4.69) is 4.90 Å². The molecular formula is C16H26N2O2. The van der Waals surface area contributed by atoms with Gasteiger partial charge in [0.05, 0.1) is 13.7 Å². The van der Waals surface area contributed by atoms with Gasteiger partial charge in [-0.15, -0.1) is 0 Å². The van der Waals surface area contributed by atoms with Crippen LogP contribution in [0.2, 0.25) is 0 Å². The molecule has 2 N–H and O–H groups in total. The van der Waals surface area contributed by atoms with Crippen LogP contribution in [-0.4, -0.2) is 38.3 Å². The lowest BCUT2D eigenvalue weighted by Crippen LogP contribution is -2.21. The van der Waals surface area contributed by atoms with Crippen molar-refractivity contribution in [2.45, 2.75) is 32.2 Å². The topological polar surface area (TPSA) is 47.7 Å². The Morgan fingerprint density at radius 3 is 2.65 bits per heavy atom. The number of hydrogen-bond acceptors (Lipinski definition) is 4. The second kappa shape index (κ2) is 7.50. The normalized spacial score (nSPS) is 17.1. The predicted octanol–water partition coefficient (Wildman–Crippen LogP) is 2.58. The third kappa shape index (κ3) is 4.12. The number of hydrogen-bond donors (Lipinski definition) is 1. The summed E-state index contributed by atoms with van der Waals surface area (Å²) in [4.78, 5) is 2.50. The first-order chi connectivity index (χ1) is 9.70. The summed E-state index contributed by atoms with van der Waals surface area (Å²) < 4.78 is 11.2. The highest BCUT2D eigenvalue weighted by Gasteiger charge is 2.11. The maximum atomic E-state index is 5.88. The fourth-order valence-corrected chi connectivity index (χ4v) is 2.56. The SMILES string of the molecule is COc1cc([C@@H](C)N)ccc1OCCCN1CCCC1. The summed E-state index contributed by atoms with van der Waals surface area (Å²) in [5.74, 6) is 1.57. The minimum absolute atomic E-state index is 0.00752. The van der Waals surface area contributed by atoms with Crippen LogP contribution in [0.4, 0.5) is 0 Å². The lowest BCUT2D eigenvalue weighted by molar-refractivity contribution is 0.254. The zero-order valence-electron chi connectivity index (χ0n) is 12.6. The van der Waals surface area contributed by atoms with Gasteiger partial charge in [0.1, 0.15) is 0 Å². The average Bonchev–Trinajstić information content (AvgIpc) is 2.96. The molecular weight excluding hydrogens is 252 g/mol. The molecule has 0 aromatic heterocycles. The molecule has 112 valence electrons. The maximum Gasteiger partial charge on any atom is 0.161 e. The molecule has 1 heterocycles. The summed E-state index contributed by atoms with van der Waals surface area (Å²) in [7, 11) is 1.66. The quantitative estimate of drug-likeness (QED) is 0.779. The zero-order chi connectivity index (χ0) is 14.4. The van der Waals surface area contributed by atoms with Crippen molar-refractivity contribution in [1.82, 2.24) is 4.90 Å². The van der Waals surface area contributed by atoms with Crippen molar-refractivity contribution in [3.8, 4) is 11.5 Å². The van der Waals surface area contributed by atoms with E-state index in [1.165, 1.54) is 25.9 Å². The Morgan fingerprint density at radius 2 is 2.00 bits per heavy atom. The first kappa shape index (κ1) is 15.1. The molecule has 1 aromatic carbocycles. The molecule has 20 heavy (non-hydrogen) atoms. The first-order valence-corrected chi connectivity index (χ1v) is 7.49. The van der Waals surface area contributed by atoms with E-state index >= 15 is 0 Å². The van der Waals surface area contributed by atoms with Gasteiger partial charge in [0.25, 0.3) is 0 Å². The number of rotatable bonds is 7. The number of nitrogens with two attached hydrogens (primary N) is 1. The molecule has 4 nitrogen and oxygen atoms in total. The van der Waals surface area contributed by atoms with E-state index in [-0.39, 0.29) is 6.04 Å². The molecule has 1 aliphatic rings. The summed E-state index contributed by atoms with van der Waals surface area (Å²) >= 11 is 0. The van der Waals surface area contributed by atoms with Crippen molar-refractivity contribution >= 4 is 0 Å². The molecule has 0 amide bonds. The van der Waals surface area contributed by atoms with Gasteiger partial charge in [-0.25, -0.2) is 0 Å². The maximum absolute atomic E-state index is 5.88. The fraction of sp³-hybridized carbons (Fsp3) is 0.625. The van der Waals surface area contributed by atoms with Crippen LogP contribution in [0.15, 0.2) is 18.2 Å². The summed E-state index contributed by atoms with van der Waals surface area (Å²) in [5.41, 5.74) is 6.94. The van der Waals surface area contributed by atoms with Gasteiger partial charge in [-0.2, -0.15) is 0 Å². The summed E-state index contributed by atoms with van der Waals surface area (Å²) in [6.07, 6.45) is 3.74. The minimum Gasteiger partial charge on any atom is -0.493 e. The Balaban J connectivity index is 1.82. The standard InChI is InChI=1S/C16H26N2O2/c1-13(17)14-6-7-15(16(12-14)19-2)20-11-5-10-18-8-3-4-9-18/h6-7,12-13H,3-5,8-11,17H2,1-2H3/t13-/m1/s1. The van der Waals surface area contributed by atoms with Gasteiger partial charge >= 0.3 is 0 Å². The van der Waals surface area contributed by atoms with Gasteiger partial charge < -0.3 is 20.1 Å². The van der Waals surface area contributed by atoms with Crippen molar-refractivity contribution in [3.63, 3.8) is 0 Å². The summed E-state index contributed by atoms with van der Waals surface area (Å²) in [5, 5.41) is 0. The minimum atomic E-state index is 0.00752. The lowest BCUT2D eigenvalue weighted by Gasteiger charge is -2.16. The Bertz CT molecular complexity index is 415. The molecule has 1 aromatic rings. The molecule has 2 rings (SSSR count). The highest BCUT2D eigenvalue weighted by Crippen LogP contribution is 2.29. The van der Waals surface area contributed by atoms with Crippen molar-refractivity contribution in [2.24, 2.45) is 5.73 Å². The number of methoxy groups -OCH3 is 1. The largest absolute Gasteiger partial charge is 0.493 e. The summed E-state index contributed by atoms with van der Waals surface area (Å²) in [6.45, 7) is 6.30. The van der Waals surface area contributed by atoms with Gasteiger partial charge in [0.15, 0.2) is 11.5 Å². The molecule has 0 spiro atoms. The molecule has 1 atom stereocenters. The molecule has 0 aliphatic carbocycles. The van der Waals surface area contributed by atoms with E-state index in [0.717, 1.165) is 36.6 Å².